The van der Waals surface area contributed by atoms with E-state index >= 15 is 0 Å². The van der Waals surface area contributed by atoms with Gasteiger partial charge in [0.2, 0.25) is 0 Å². The summed E-state index contributed by atoms with van der Waals surface area (Å²) in [5, 5.41) is 11.9. The van der Waals surface area contributed by atoms with Crippen LogP contribution < -0.4 is 0 Å². The van der Waals surface area contributed by atoms with Crippen molar-refractivity contribution in [1.29, 1.82) is 0 Å². The van der Waals surface area contributed by atoms with Gasteiger partial charge in [-0.25, -0.2) is 0 Å². The zero-order valence-corrected chi connectivity index (χ0v) is 18.8. The first-order valence-corrected chi connectivity index (χ1v) is 10.8. The molecule has 0 aromatic heterocycles. The topological polar surface area (TPSA) is 52.4 Å². The summed E-state index contributed by atoms with van der Waals surface area (Å²) in [7, 11) is 0. The van der Waals surface area contributed by atoms with Crippen LogP contribution in [-0.4, -0.2) is 10.5 Å². The highest BCUT2D eigenvalue weighted by Crippen LogP contribution is 2.53. The predicted octanol–water partition coefficient (Wildman–Crippen LogP) is 7.28. The second-order valence-corrected chi connectivity index (χ2v) is 8.72. The Balaban J connectivity index is 2.13. The minimum atomic E-state index is -0.600. The number of rotatable bonds is 4. The fourth-order valence-electron chi connectivity index (χ4n) is 4.78. The molecule has 1 saturated heterocycles. The van der Waals surface area contributed by atoms with Gasteiger partial charge < -0.3 is 4.74 Å². The van der Waals surface area contributed by atoms with Gasteiger partial charge in [-0.05, 0) is 61.6 Å². The van der Waals surface area contributed by atoms with Crippen molar-refractivity contribution in [2.75, 3.05) is 0 Å². The molecular weight excluding hydrogens is 398 g/mol. The van der Waals surface area contributed by atoms with E-state index in [2.05, 4.69) is 38.1 Å². The summed E-state index contributed by atoms with van der Waals surface area (Å²) < 4.78 is 6.62. The Labute approximate surface area is 189 Å². The highest BCUT2D eigenvalue weighted by molar-refractivity contribution is 5.87. The van der Waals surface area contributed by atoms with Crippen LogP contribution in [0.5, 0.6) is 0 Å². The van der Waals surface area contributed by atoms with Gasteiger partial charge in [-0.3, -0.25) is 10.1 Å². The molecule has 162 valence electrons. The predicted molar refractivity (Wildman–Crippen MR) is 128 cm³/mol. The fourth-order valence-corrected chi connectivity index (χ4v) is 4.78. The Hall–Kier alpha value is -3.50. The summed E-state index contributed by atoms with van der Waals surface area (Å²) >= 11 is 0. The number of nitro benzene ring substituents is 1. The van der Waals surface area contributed by atoms with Crippen molar-refractivity contribution in [3.63, 3.8) is 0 Å². The molecule has 0 bridgehead atoms. The van der Waals surface area contributed by atoms with Crippen LogP contribution in [0.2, 0.25) is 0 Å². The highest BCUT2D eigenvalue weighted by Gasteiger charge is 2.45. The van der Waals surface area contributed by atoms with Gasteiger partial charge >= 0.3 is 0 Å². The number of nitro groups is 1. The highest BCUT2D eigenvalue weighted by atomic mass is 16.6. The molecule has 1 aliphatic rings. The van der Waals surface area contributed by atoms with Crippen molar-refractivity contribution in [1.82, 2.24) is 0 Å². The molecule has 0 spiro atoms. The zero-order valence-electron chi connectivity index (χ0n) is 18.8. The lowest BCUT2D eigenvalue weighted by Gasteiger charge is -2.22. The Morgan fingerprint density at radius 2 is 1.34 bits per heavy atom. The molecule has 32 heavy (non-hydrogen) atoms. The Morgan fingerprint density at radius 3 is 1.84 bits per heavy atom. The molecule has 1 heterocycles. The monoisotopic (exact) mass is 425 g/mol. The summed E-state index contributed by atoms with van der Waals surface area (Å²) in [6, 6.07) is 27.3. The SMILES string of the molecule is CC(C)=C1C(=C(c2ccccc2)c2ccccc2)C(c2ccccc2[N+](=O)[O-])OC1(C)C. The number of nitrogens with zero attached hydrogens (tertiary/aromatic N) is 1. The lowest BCUT2D eigenvalue weighted by Crippen LogP contribution is -2.21. The molecule has 4 nitrogen and oxygen atoms in total. The molecule has 0 aliphatic carbocycles. The maximum Gasteiger partial charge on any atom is 0.275 e. The van der Waals surface area contributed by atoms with Gasteiger partial charge in [-0.15, -0.1) is 0 Å². The normalized spacial score (nSPS) is 17.3. The van der Waals surface area contributed by atoms with Crippen LogP contribution in [0, 0.1) is 10.1 Å². The van der Waals surface area contributed by atoms with Crippen LogP contribution in [0.15, 0.2) is 102 Å². The molecule has 1 fully saturated rings. The smallest absolute Gasteiger partial charge is 0.275 e. The first-order chi connectivity index (χ1) is 15.3. The summed E-state index contributed by atoms with van der Waals surface area (Å²) in [5.74, 6) is 0. The van der Waals surface area contributed by atoms with Gasteiger partial charge in [0, 0.05) is 6.07 Å². The van der Waals surface area contributed by atoms with E-state index in [1.165, 1.54) is 0 Å². The van der Waals surface area contributed by atoms with Crippen LogP contribution >= 0.6 is 0 Å². The van der Waals surface area contributed by atoms with Crippen LogP contribution in [-0.2, 0) is 4.74 Å². The standard InChI is InChI=1S/C28H27NO3/c1-19(2)26-25(24(20-13-7-5-8-14-20)21-15-9-6-10-16-21)27(32-28(26,3)4)22-17-11-12-18-23(22)29(30)31/h5-18,27H,1-4H3. The Kier molecular flexibility index (Phi) is 5.81. The van der Waals surface area contributed by atoms with Crippen molar-refractivity contribution in [2.24, 2.45) is 0 Å². The van der Waals surface area contributed by atoms with Crippen molar-refractivity contribution >= 4 is 11.3 Å². The third kappa shape index (κ3) is 3.90. The minimum Gasteiger partial charge on any atom is -0.358 e. The van der Waals surface area contributed by atoms with E-state index in [0.717, 1.165) is 33.4 Å². The summed E-state index contributed by atoms with van der Waals surface area (Å²) in [6.07, 6.45) is -0.563. The van der Waals surface area contributed by atoms with Gasteiger partial charge in [-0.1, -0.05) is 78.4 Å². The van der Waals surface area contributed by atoms with Crippen molar-refractivity contribution in [3.05, 3.63) is 128 Å². The maximum atomic E-state index is 11.9. The molecule has 1 atom stereocenters. The summed E-state index contributed by atoms with van der Waals surface area (Å²) in [4.78, 5) is 11.6. The van der Waals surface area contributed by atoms with Gasteiger partial charge in [0.25, 0.3) is 5.69 Å². The number of allylic oxidation sites excluding steroid dienone is 1. The molecule has 0 radical (unpaired) electrons. The number of hydrogen-bond donors (Lipinski definition) is 0. The van der Waals surface area contributed by atoms with Gasteiger partial charge in [-0.2, -0.15) is 0 Å². The largest absolute Gasteiger partial charge is 0.358 e. The third-order valence-electron chi connectivity index (χ3n) is 5.86. The van der Waals surface area contributed by atoms with Crippen LogP contribution in [0.4, 0.5) is 5.69 Å². The number of benzene rings is 3. The summed E-state index contributed by atoms with van der Waals surface area (Å²) in [6.45, 7) is 8.24. The minimum absolute atomic E-state index is 0.0706. The second-order valence-electron chi connectivity index (χ2n) is 8.72. The van der Waals surface area contributed by atoms with Crippen molar-refractivity contribution in [2.45, 2.75) is 39.4 Å². The average Bonchev–Trinajstić information content (AvgIpc) is 3.06. The van der Waals surface area contributed by atoms with E-state index in [9.17, 15) is 10.1 Å². The van der Waals surface area contributed by atoms with E-state index in [4.69, 9.17) is 4.74 Å². The quantitative estimate of drug-likeness (QED) is 0.326. The molecular formula is C28H27NO3. The van der Waals surface area contributed by atoms with Gasteiger partial charge in [0.15, 0.2) is 0 Å². The lowest BCUT2D eigenvalue weighted by molar-refractivity contribution is -0.386. The van der Waals surface area contributed by atoms with Crippen LogP contribution in [0.25, 0.3) is 5.57 Å². The van der Waals surface area contributed by atoms with E-state index in [1.54, 1.807) is 18.2 Å². The zero-order chi connectivity index (χ0) is 22.9. The molecule has 4 rings (SSSR count). The third-order valence-corrected chi connectivity index (χ3v) is 5.86. The average molecular weight is 426 g/mol. The maximum absolute atomic E-state index is 11.9. The molecule has 4 heteroatoms. The van der Waals surface area contributed by atoms with Crippen molar-refractivity contribution in [3.8, 4) is 0 Å². The molecule has 1 unspecified atom stereocenters. The Bertz CT molecular complexity index is 1160. The lowest BCUT2D eigenvalue weighted by atomic mass is 9.80. The molecule has 0 saturated carbocycles. The Morgan fingerprint density at radius 1 is 0.844 bits per heavy atom. The van der Waals surface area contributed by atoms with Gasteiger partial charge in [0.1, 0.15) is 6.10 Å². The first-order valence-electron chi connectivity index (χ1n) is 10.8. The molecule has 3 aromatic rings. The first kappa shape index (κ1) is 21.7. The van der Waals surface area contributed by atoms with E-state index in [0.29, 0.717) is 5.56 Å². The van der Waals surface area contributed by atoms with Crippen LogP contribution in [0.3, 0.4) is 0 Å². The fraction of sp³-hybridized carbons (Fsp3) is 0.214. The summed E-state index contributed by atoms with van der Waals surface area (Å²) in [5.41, 5.74) is 6.39. The van der Waals surface area contributed by atoms with E-state index < -0.39 is 11.7 Å². The molecule has 0 amide bonds. The molecule has 1 aliphatic heterocycles. The number of hydrogen-bond acceptors (Lipinski definition) is 3. The molecule has 3 aromatic carbocycles. The second kappa shape index (κ2) is 8.56. The van der Waals surface area contributed by atoms with E-state index in [1.807, 2.05) is 56.3 Å². The molecule has 0 N–H and O–H groups in total. The van der Waals surface area contributed by atoms with Gasteiger partial charge in [0.05, 0.1) is 16.1 Å². The van der Waals surface area contributed by atoms with Crippen molar-refractivity contribution < 1.29 is 9.66 Å². The number of ether oxygens (including phenoxy) is 1. The van der Waals surface area contributed by atoms with E-state index in [-0.39, 0.29) is 10.6 Å². The number of para-hydroxylation sites is 1. The van der Waals surface area contributed by atoms with Crippen LogP contribution in [0.1, 0.15) is 50.5 Å².